The second kappa shape index (κ2) is 38.2. The normalized spacial score (nSPS) is 13.1. The van der Waals surface area contributed by atoms with E-state index in [0.29, 0.717) is 0 Å². The molecule has 6 aliphatic rings. The number of imidazole rings is 3. The first-order chi connectivity index (χ1) is 69.2. The second-order valence-electron chi connectivity index (χ2n) is 36.7. The molecular weight excluding hydrogens is 2300 g/mol. The van der Waals surface area contributed by atoms with Crippen LogP contribution >= 0.6 is 0 Å². The number of nitrogens with zero attached hydrogens (tertiary/aromatic N) is 15. The number of pyridine rings is 6. The maximum absolute atomic E-state index is 5.10. The molecule has 15 aromatic carbocycles. The Morgan fingerprint density at radius 2 is 0.597 bits per heavy atom. The van der Waals surface area contributed by atoms with Crippen molar-refractivity contribution in [2.75, 3.05) is 35.8 Å². The van der Waals surface area contributed by atoms with Crippen molar-refractivity contribution in [1.82, 2.24) is 57.8 Å². The van der Waals surface area contributed by atoms with Gasteiger partial charge < -0.3 is 42.6 Å². The fourth-order valence-corrected chi connectivity index (χ4v) is 21.5. The van der Waals surface area contributed by atoms with Gasteiger partial charge >= 0.3 is 60.3 Å². The van der Waals surface area contributed by atoms with E-state index >= 15 is 0 Å². The molecule has 696 valence electrons. The quantitative estimate of drug-likeness (QED) is 0.0954. The van der Waals surface area contributed by atoms with Crippen molar-refractivity contribution in [3.8, 4) is 67.2 Å². The van der Waals surface area contributed by atoms with Crippen molar-refractivity contribution in [2.24, 2.45) is 0 Å². The van der Waals surface area contributed by atoms with Gasteiger partial charge in [0.25, 0.3) is 0 Å². The van der Waals surface area contributed by atoms with Crippen LogP contribution in [0.1, 0.15) is 50.1 Å². The standard InChI is InChI=1S/3C26H18N3.3C16H12N2.3Ir/c1-16-8-7-9-17(2)24(16)23-15-29-25(28-23)20-12-5-4-11-19(20)21-14-18-10-3-6-13-22(18)27-26(21)29;1-16-8-7-9-17(2)24(16)23-15-29-25-20-12-5-6-13-22(20)27-14-21(25)18-10-3-4-11-19(18)26(29)28-23;1-16-8-7-9-17(2)23(16)22-15-29-25(28-22)21-13-6-5-12-20(21)24-19-11-4-3-10-18(19)14-27-26(24)29;3*1-17-10-16-14-8-3-2-6-12(14)13-7-4-5-9-15(13)18(16)11-17;;;/h3-11,13-15H,1-2H3;3-10,12-15H,1-2H3;3-12,14-15H,1-2H3;3*2-8,10-11H,1H3;;;/q3*-1;3*-2;3*+3. The maximum Gasteiger partial charge on any atom is 3.00 e. The van der Waals surface area contributed by atoms with Gasteiger partial charge in [0.05, 0.1) is 45.1 Å². The predicted molar refractivity (Wildman–Crippen MR) is 577 cm³/mol. The van der Waals surface area contributed by atoms with E-state index in [-0.39, 0.29) is 60.3 Å². The summed E-state index contributed by atoms with van der Waals surface area (Å²) in [6.45, 7) is 19.1. The average molecular weight is 2390 g/mol. The number of aromatic nitrogens is 9. The average Bonchev–Trinajstić information content (AvgIpc) is 1.41. The van der Waals surface area contributed by atoms with E-state index in [1.54, 1.807) is 0 Å². The third kappa shape index (κ3) is 15.9. The molecule has 15 nitrogen and oxygen atoms in total. The molecule has 0 atom stereocenters. The third-order valence-electron chi connectivity index (χ3n) is 27.7. The van der Waals surface area contributed by atoms with Crippen molar-refractivity contribution in [3.63, 3.8) is 0 Å². The van der Waals surface area contributed by atoms with Gasteiger partial charge in [0.2, 0.25) is 0 Å². The molecule has 9 aromatic heterocycles. The Morgan fingerprint density at radius 3 is 1.06 bits per heavy atom. The molecule has 0 bridgehead atoms. The van der Waals surface area contributed by atoms with Crippen molar-refractivity contribution in [3.05, 3.63) is 472 Å². The summed E-state index contributed by atoms with van der Waals surface area (Å²) in [4.78, 5) is 42.7. The van der Waals surface area contributed by atoms with E-state index < -0.39 is 0 Å². The van der Waals surface area contributed by atoms with Crippen LogP contribution in [-0.2, 0) is 60.3 Å². The third-order valence-corrected chi connectivity index (χ3v) is 27.7. The van der Waals surface area contributed by atoms with Crippen LogP contribution in [0.25, 0.3) is 199 Å². The molecule has 18 heteroatoms. The molecule has 0 radical (unpaired) electrons. The smallest absolute Gasteiger partial charge is 0.510 e. The molecule has 144 heavy (non-hydrogen) atoms. The van der Waals surface area contributed by atoms with Gasteiger partial charge in [-0.1, -0.05) is 244 Å². The fourth-order valence-electron chi connectivity index (χ4n) is 21.5. The van der Waals surface area contributed by atoms with Crippen molar-refractivity contribution >= 4 is 149 Å². The molecular formula is C126H90Ir3N15. The van der Waals surface area contributed by atoms with Gasteiger partial charge in [-0.25, -0.2) is 9.97 Å². The van der Waals surface area contributed by atoms with E-state index in [0.717, 1.165) is 144 Å². The van der Waals surface area contributed by atoms with Crippen LogP contribution in [0.4, 0.5) is 17.1 Å². The molecule has 6 aliphatic heterocycles. The molecule has 0 aliphatic carbocycles. The van der Waals surface area contributed by atoms with Gasteiger partial charge in [0.15, 0.2) is 0 Å². The largest absolute Gasteiger partial charge is 3.00 e. The molecule has 0 amide bonds. The minimum absolute atomic E-state index is 0. The molecule has 24 aromatic rings. The number of hydrogen-bond acceptors (Lipinski definition) is 12. The van der Waals surface area contributed by atoms with Crippen LogP contribution in [0.5, 0.6) is 0 Å². The van der Waals surface area contributed by atoms with E-state index in [4.69, 9.17) is 29.9 Å². The molecule has 0 fully saturated rings. The van der Waals surface area contributed by atoms with Gasteiger partial charge in [-0.3, -0.25) is 19.9 Å². The number of aryl methyl sites for hydroxylation is 6. The van der Waals surface area contributed by atoms with Crippen LogP contribution in [-0.4, -0.2) is 78.9 Å². The van der Waals surface area contributed by atoms with Crippen molar-refractivity contribution < 1.29 is 60.3 Å². The molecule has 0 N–H and O–H groups in total. The zero-order valence-corrected chi connectivity index (χ0v) is 87.3. The van der Waals surface area contributed by atoms with Crippen LogP contribution in [0.2, 0.25) is 0 Å². The molecule has 0 unspecified atom stereocenters. The number of anilines is 3. The van der Waals surface area contributed by atoms with Crippen LogP contribution < -0.4 is 14.7 Å². The summed E-state index contributed by atoms with van der Waals surface area (Å²) in [5.74, 6) is 0. The van der Waals surface area contributed by atoms with E-state index in [1.807, 2.05) is 97.3 Å². The van der Waals surface area contributed by atoms with Crippen LogP contribution in [0, 0.1) is 97.9 Å². The first-order valence-corrected chi connectivity index (χ1v) is 47.4. The number of para-hydroxylation sites is 5. The first-order valence-electron chi connectivity index (χ1n) is 47.4. The molecule has 15 heterocycles. The monoisotopic (exact) mass is 2390 g/mol. The Balaban J connectivity index is 0.0000000995. The van der Waals surface area contributed by atoms with E-state index in [1.165, 1.54) is 123 Å². The summed E-state index contributed by atoms with van der Waals surface area (Å²) in [6, 6.07) is 129. The SMILES string of the molecule is CN1C=C2c3ccccc3-c3ccc[c-]c3N2[CH-]1.CN1C=C2c3ccccc3-c3ccc[c-]c3N2[CH-]1.CN1C=C2c3ccccc3-c3ccc[c-]c3N2[CH-]1.Cc1cccc(C)c1-c1cn2c(n1)c1[c-]cccc1c1c3ccccc3cnc12.Cc1cccc(C)c1-c1cn2c(n1)c1[c-]cccc1c1cc3ccccc3nc12.Cc1cccc(C)c1-c1cn2c(n1)c1[c-]cccc1c1cnc3ccccc3c12.[Ir+3].[Ir+3].[Ir+3]. The van der Waals surface area contributed by atoms with Crippen molar-refractivity contribution in [1.29, 1.82) is 0 Å². The molecule has 0 spiro atoms. The summed E-state index contributed by atoms with van der Waals surface area (Å²) < 4.78 is 6.48. The Bertz CT molecular complexity index is 8900. The number of rotatable bonds is 3. The topological polar surface area (TPSA) is 110 Å². The number of fused-ring (bicyclic) bond motifs is 41. The Kier molecular flexibility index (Phi) is 24.7. The van der Waals surface area contributed by atoms with Crippen LogP contribution in [0.15, 0.2) is 365 Å². The zero-order chi connectivity index (χ0) is 94.9. The van der Waals surface area contributed by atoms with Gasteiger partial charge in [-0.05, 0) is 170 Å². The zero-order valence-electron chi connectivity index (χ0n) is 80.1. The number of hydrogen-bond donors (Lipinski definition) is 0. The predicted octanol–water partition coefficient (Wildman–Crippen LogP) is 28.8. The molecule has 30 rings (SSSR count). The maximum atomic E-state index is 5.10. The Morgan fingerprint density at radius 1 is 0.257 bits per heavy atom. The summed E-state index contributed by atoms with van der Waals surface area (Å²) >= 11 is 0. The second-order valence-corrected chi connectivity index (χ2v) is 36.7. The minimum atomic E-state index is 0. The van der Waals surface area contributed by atoms with Gasteiger partial charge in [0, 0.05) is 81.1 Å². The summed E-state index contributed by atoms with van der Waals surface area (Å²) in [7, 11) is 6.16. The van der Waals surface area contributed by atoms with Gasteiger partial charge in [-0.2, -0.15) is 92.8 Å². The summed E-state index contributed by atoms with van der Waals surface area (Å²) in [5, 5.41) is 14.5. The van der Waals surface area contributed by atoms with Gasteiger partial charge in [0.1, 0.15) is 11.3 Å². The van der Waals surface area contributed by atoms with Gasteiger partial charge in [-0.15, -0.1) is 106 Å². The van der Waals surface area contributed by atoms with Crippen molar-refractivity contribution in [2.45, 2.75) is 41.5 Å². The Labute approximate surface area is 875 Å². The summed E-state index contributed by atoms with van der Waals surface area (Å²) in [5.41, 5.74) is 40.1. The summed E-state index contributed by atoms with van der Waals surface area (Å²) in [6.07, 6.45) is 16.8. The van der Waals surface area contributed by atoms with E-state index in [9.17, 15) is 0 Å². The molecule has 0 saturated carbocycles. The molecule has 0 saturated heterocycles. The van der Waals surface area contributed by atoms with E-state index in [2.05, 4.69) is 429 Å². The number of benzene rings is 15. The van der Waals surface area contributed by atoms with Crippen LogP contribution in [0.3, 0.4) is 0 Å². The fraction of sp³-hybridized carbons (Fsp3) is 0.0714. The minimum Gasteiger partial charge on any atom is -0.510 e. The Hall–Kier alpha value is -15.9. The first kappa shape index (κ1) is 93.1.